The molecule has 1 atom stereocenters. The molecular weight excluding hydrogens is 420 g/mol. The van der Waals surface area contributed by atoms with Gasteiger partial charge in [-0.15, -0.1) is 0 Å². The van der Waals surface area contributed by atoms with Crippen molar-refractivity contribution in [2.45, 2.75) is 32.2 Å². The van der Waals surface area contributed by atoms with Crippen LogP contribution in [0, 0.1) is 5.92 Å². The number of nitrogens with zero attached hydrogens (tertiary/aromatic N) is 2. The molecule has 5 nitrogen and oxygen atoms in total. The third-order valence-electron chi connectivity index (χ3n) is 6.06. The summed E-state index contributed by atoms with van der Waals surface area (Å²) in [6.45, 7) is 4.14. The van der Waals surface area contributed by atoms with Gasteiger partial charge in [-0.05, 0) is 65.4 Å². The maximum Gasteiger partial charge on any atom is 0.241 e. The highest BCUT2D eigenvalue weighted by Gasteiger charge is 2.19. The minimum atomic E-state index is -0.502. The maximum absolute atomic E-state index is 12.4. The summed E-state index contributed by atoms with van der Waals surface area (Å²) < 4.78 is 0. The lowest BCUT2D eigenvalue weighted by molar-refractivity contribution is -0.117. The Kier molecular flexibility index (Phi) is 8.35. The molecule has 0 saturated heterocycles. The molecule has 3 rings (SSSR count). The van der Waals surface area contributed by atoms with Crippen LogP contribution in [0.4, 0.5) is 17.1 Å². The van der Waals surface area contributed by atoms with Gasteiger partial charge in [-0.2, -0.15) is 0 Å². The Balaban J connectivity index is 1.90. The molecule has 0 aliphatic heterocycles. The van der Waals surface area contributed by atoms with E-state index < -0.39 is 6.04 Å². The van der Waals surface area contributed by atoms with E-state index in [4.69, 9.17) is 5.73 Å². The van der Waals surface area contributed by atoms with E-state index in [1.54, 1.807) is 0 Å². The average molecular weight is 459 g/mol. The lowest BCUT2D eigenvalue weighted by atomic mass is 9.85. The van der Waals surface area contributed by atoms with Crippen molar-refractivity contribution in [3.8, 4) is 0 Å². The first kappa shape index (κ1) is 25.3. The minimum Gasteiger partial charge on any atom is -0.378 e. The van der Waals surface area contributed by atoms with E-state index in [1.807, 2.05) is 40.3 Å². The Labute approximate surface area is 204 Å². The molecule has 0 fully saturated rings. The van der Waals surface area contributed by atoms with E-state index in [1.165, 1.54) is 28.1 Å². The van der Waals surface area contributed by atoms with E-state index in [2.05, 4.69) is 89.6 Å². The van der Waals surface area contributed by atoms with Crippen molar-refractivity contribution in [2.75, 3.05) is 43.3 Å². The van der Waals surface area contributed by atoms with Crippen LogP contribution >= 0.6 is 0 Å². The van der Waals surface area contributed by atoms with Crippen LogP contribution in [-0.4, -0.2) is 40.1 Å². The van der Waals surface area contributed by atoms with Crippen LogP contribution in [0.2, 0.25) is 0 Å². The summed E-state index contributed by atoms with van der Waals surface area (Å²) in [5.41, 5.74) is 12.8. The van der Waals surface area contributed by atoms with Crippen LogP contribution in [0.3, 0.4) is 0 Å². The molecule has 5 heteroatoms. The Morgan fingerprint density at radius 3 is 1.47 bits per heavy atom. The normalized spacial score (nSPS) is 12.0. The van der Waals surface area contributed by atoms with Gasteiger partial charge in [0.1, 0.15) is 0 Å². The minimum absolute atomic E-state index is 0.0837. The summed E-state index contributed by atoms with van der Waals surface area (Å²) in [6, 6.07) is 25.0. The first-order valence-electron chi connectivity index (χ1n) is 11.9. The fraction of sp³-hybridized carbons (Fsp3) is 0.345. The second-order valence-electron chi connectivity index (χ2n) is 9.75. The van der Waals surface area contributed by atoms with Gasteiger partial charge in [0.15, 0.2) is 0 Å². The van der Waals surface area contributed by atoms with E-state index in [-0.39, 0.29) is 11.8 Å². The zero-order chi connectivity index (χ0) is 24.8. The quantitative estimate of drug-likeness (QED) is 0.427. The number of benzene rings is 3. The molecule has 0 unspecified atom stereocenters. The Hall–Kier alpha value is -3.31. The predicted molar refractivity (Wildman–Crippen MR) is 145 cm³/mol. The zero-order valence-electron chi connectivity index (χ0n) is 21.2. The van der Waals surface area contributed by atoms with Gasteiger partial charge in [0.25, 0.3) is 0 Å². The van der Waals surface area contributed by atoms with Gasteiger partial charge in [-0.1, -0.05) is 50.2 Å². The Bertz CT molecular complexity index is 1000. The molecule has 0 saturated carbocycles. The fourth-order valence-corrected chi connectivity index (χ4v) is 4.12. The summed E-state index contributed by atoms with van der Waals surface area (Å²) in [5.74, 6) is 0.318. The number of carbonyl (C=O) groups is 1. The lowest BCUT2D eigenvalue weighted by Gasteiger charge is -2.22. The van der Waals surface area contributed by atoms with Crippen LogP contribution in [0.25, 0.3) is 0 Å². The van der Waals surface area contributed by atoms with Gasteiger partial charge < -0.3 is 20.9 Å². The molecule has 3 N–H and O–H groups in total. The van der Waals surface area contributed by atoms with Crippen molar-refractivity contribution in [1.82, 2.24) is 0 Å². The van der Waals surface area contributed by atoms with Crippen molar-refractivity contribution >= 4 is 23.0 Å². The van der Waals surface area contributed by atoms with Crippen LogP contribution in [0.1, 0.15) is 42.9 Å². The van der Waals surface area contributed by atoms with Gasteiger partial charge in [0, 0.05) is 51.2 Å². The molecule has 0 bridgehead atoms. The summed E-state index contributed by atoms with van der Waals surface area (Å²) in [5, 5.41) is 2.96. The molecule has 0 aliphatic rings. The third-order valence-corrected chi connectivity index (χ3v) is 6.06. The topological polar surface area (TPSA) is 61.6 Å². The van der Waals surface area contributed by atoms with Gasteiger partial charge in [0.05, 0.1) is 6.04 Å². The molecule has 0 spiro atoms. The molecule has 0 radical (unpaired) electrons. The predicted octanol–water partition coefficient (Wildman–Crippen LogP) is 5.31. The number of carbonyl (C=O) groups excluding carboxylic acids is 1. The highest BCUT2D eigenvalue weighted by Crippen LogP contribution is 2.34. The van der Waals surface area contributed by atoms with Gasteiger partial charge in [0.2, 0.25) is 5.91 Å². The van der Waals surface area contributed by atoms with E-state index >= 15 is 0 Å². The van der Waals surface area contributed by atoms with E-state index in [9.17, 15) is 4.79 Å². The number of amides is 1. The molecule has 180 valence electrons. The van der Waals surface area contributed by atoms with Gasteiger partial charge in [-0.25, -0.2) is 0 Å². The SMILES string of the molecule is CC(C)C[C@H](N)C(=O)Nc1ccc(C(c2ccc(N(C)C)cc2)c2ccc(N(C)C)cc2)cc1. The number of nitrogens with two attached hydrogens (primary N) is 1. The third kappa shape index (κ3) is 6.39. The first-order valence-corrected chi connectivity index (χ1v) is 11.9. The summed E-state index contributed by atoms with van der Waals surface area (Å²) >= 11 is 0. The second-order valence-corrected chi connectivity index (χ2v) is 9.75. The van der Waals surface area contributed by atoms with Crippen molar-refractivity contribution in [2.24, 2.45) is 11.7 Å². The largest absolute Gasteiger partial charge is 0.378 e. The molecule has 1 amide bonds. The van der Waals surface area contributed by atoms with Crippen molar-refractivity contribution < 1.29 is 4.79 Å². The summed E-state index contributed by atoms with van der Waals surface area (Å²) in [4.78, 5) is 16.6. The highest BCUT2D eigenvalue weighted by atomic mass is 16.2. The number of hydrogen-bond acceptors (Lipinski definition) is 4. The smallest absolute Gasteiger partial charge is 0.241 e. The maximum atomic E-state index is 12.4. The van der Waals surface area contributed by atoms with E-state index in [0.717, 1.165) is 5.69 Å². The number of rotatable bonds is 9. The Morgan fingerprint density at radius 1 is 0.735 bits per heavy atom. The number of nitrogens with one attached hydrogen (secondary N) is 1. The molecule has 3 aromatic rings. The molecule has 0 aromatic heterocycles. The Morgan fingerprint density at radius 2 is 1.12 bits per heavy atom. The number of anilines is 3. The van der Waals surface area contributed by atoms with Crippen molar-refractivity contribution in [1.29, 1.82) is 0 Å². The molecule has 34 heavy (non-hydrogen) atoms. The van der Waals surface area contributed by atoms with Crippen LogP contribution in [0.5, 0.6) is 0 Å². The highest BCUT2D eigenvalue weighted by molar-refractivity contribution is 5.94. The van der Waals surface area contributed by atoms with Crippen LogP contribution < -0.4 is 20.9 Å². The molecule has 3 aromatic carbocycles. The average Bonchev–Trinajstić information content (AvgIpc) is 2.80. The number of hydrogen-bond donors (Lipinski definition) is 2. The molecule has 0 aliphatic carbocycles. The van der Waals surface area contributed by atoms with Crippen LogP contribution in [-0.2, 0) is 4.79 Å². The summed E-state index contributed by atoms with van der Waals surface area (Å²) in [7, 11) is 8.19. The van der Waals surface area contributed by atoms with Crippen molar-refractivity contribution in [3.05, 3.63) is 89.5 Å². The summed E-state index contributed by atoms with van der Waals surface area (Å²) in [6.07, 6.45) is 0.665. The van der Waals surface area contributed by atoms with E-state index in [0.29, 0.717) is 12.3 Å². The molecular formula is C29H38N4O. The standard InChI is InChI=1S/C29H38N4O/c1-20(2)19-27(30)29(34)31-24-13-7-21(8-14-24)28(22-9-15-25(16-10-22)32(3)4)23-11-17-26(18-12-23)33(5)6/h7-18,20,27-28H,19,30H2,1-6H3,(H,31,34)/t27-/m0/s1. The lowest BCUT2D eigenvalue weighted by Crippen LogP contribution is -2.36. The van der Waals surface area contributed by atoms with Gasteiger partial charge >= 0.3 is 0 Å². The fourth-order valence-electron chi connectivity index (χ4n) is 4.12. The molecule has 0 heterocycles. The zero-order valence-corrected chi connectivity index (χ0v) is 21.2. The first-order chi connectivity index (χ1) is 16.2. The monoisotopic (exact) mass is 458 g/mol. The van der Waals surface area contributed by atoms with Crippen LogP contribution in [0.15, 0.2) is 72.8 Å². The van der Waals surface area contributed by atoms with Gasteiger partial charge in [-0.3, -0.25) is 4.79 Å². The van der Waals surface area contributed by atoms with Crippen molar-refractivity contribution in [3.63, 3.8) is 0 Å². The second kappa shape index (κ2) is 11.2.